The number of thiophene rings is 1. The van der Waals surface area contributed by atoms with Gasteiger partial charge in [0.25, 0.3) is 0 Å². The molecule has 2 heterocycles. The Kier molecular flexibility index (Phi) is 3.56. The number of nitrogens with one attached hydrogen (secondary N) is 1. The Bertz CT molecular complexity index is 466. The number of aromatic nitrogens is 1. The second-order valence-corrected chi connectivity index (χ2v) is 5.01. The molecular weight excluding hydrogens is 242 g/mol. The molecule has 0 aliphatic carbocycles. The van der Waals surface area contributed by atoms with Crippen LogP contribution in [-0.4, -0.2) is 4.98 Å². The number of aryl methyl sites for hydroxylation is 1. The number of nitrogens with zero attached hydrogens (tertiary/aromatic N) is 1. The lowest BCUT2D eigenvalue weighted by Gasteiger charge is -2.14. The first-order valence-electron chi connectivity index (χ1n) is 4.83. The summed E-state index contributed by atoms with van der Waals surface area (Å²) >= 11 is 7.45. The second-order valence-electron chi connectivity index (χ2n) is 3.50. The van der Waals surface area contributed by atoms with E-state index in [0.717, 1.165) is 11.1 Å². The first-order chi connectivity index (χ1) is 7.70. The zero-order chi connectivity index (χ0) is 11.5. The van der Waals surface area contributed by atoms with E-state index >= 15 is 0 Å². The molecular formula is C11H12ClN3S. The van der Waals surface area contributed by atoms with Gasteiger partial charge in [0.1, 0.15) is 5.15 Å². The van der Waals surface area contributed by atoms with Crippen molar-refractivity contribution in [3.8, 4) is 0 Å². The minimum Gasteiger partial charge on any atom is -0.271 e. The third-order valence-corrected chi connectivity index (χ3v) is 3.44. The summed E-state index contributed by atoms with van der Waals surface area (Å²) in [6.07, 6.45) is 1.74. The van der Waals surface area contributed by atoms with Crippen LogP contribution in [0.2, 0.25) is 5.15 Å². The van der Waals surface area contributed by atoms with Crippen molar-refractivity contribution in [2.75, 3.05) is 0 Å². The van der Waals surface area contributed by atoms with E-state index in [-0.39, 0.29) is 6.04 Å². The summed E-state index contributed by atoms with van der Waals surface area (Å²) in [4.78, 5) is 5.31. The van der Waals surface area contributed by atoms with E-state index in [0.29, 0.717) is 5.15 Å². The topological polar surface area (TPSA) is 50.9 Å². The Morgan fingerprint density at radius 1 is 1.44 bits per heavy atom. The van der Waals surface area contributed by atoms with Crippen LogP contribution in [0.15, 0.2) is 29.8 Å². The summed E-state index contributed by atoms with van der Waals surface area (Å²) in [5.41, 5.74) is 4.94. The van der Waals surface area contributed by atoms with Gasteiger partial charge in [-0.05, 0) is 35.6 Å². The molecule has 0 fully saturated rings. The standard InChI is InChI=1S/C11H12ClN3S/c1-7-4-9(6-16-7)11(15-13)8-2-3-10(12)14-5-8/h2-6,11,15H,13H2,1H3. The fraction of sp³-hybridized carbons (Fsp3) is 0.182. The molecule has 0 aliphatic rings. The largest absolute Gasteiger partial charge is 0.271 e. The van der Waals surface area contributed by atoms with Gasteiger partial charge in [0.15, 0.2) is 0 Å². The van der Waals surface area contributed by atoms with Gasteiger partial charge in [-0.1, -0.05) is 17.7 Å². The molecule has 0 saturated carbocycles. The zero-order valence-electron chi connectivity index (χ0n) is 8.77. The monoisotopic (exact) mass is 253 g/mol. The molecule has 0 radical (unpaired) electrons. The quantitative estimate of drug-likeness (QED) is 0.502. The summed E-state index contributed by atoms with van der Waals surface area (Å²) in [5.74, 6) is 5.58. The summed E-state index contributed by atoms with van der Waals surface area (Å²) in [7, 11) is 0. The maximum absolute atomic E-state index is 5.75. The fourth-order valence-corrected chi connectivity index (χ4v) is 2.40. The number of nitrogens with two attached hydrogens (primary N) is 1. The molecule has 16 heavy (non-hydrogen) atoms. The van der Waals surface area contributed by atoms with Gasteiger partial charge >= 0.3 is 0 Å². The maximum Gasteiger partial charge on any atom is 0.129 e. The summed E-state index contributed by atoms with van der Waals surface area (Å²) < 4.78 is 0. The number of rotatable bonds is 3. The van der Waals surface area contributed by atoms with Crippen molar-refractivity contribution in [2.24, 2.45) is 5.84 Å². The Morgan fingerprint density at radius 3 is 2.75 bits per heavy atom. The summed E-state index contributed by atoms with van der Waals surface area (Å²) in [6, 6.07) is 5.77. The van der Waals surface area contributed by atoms with Crippen LogP contribution in [0.5, 0.6) is 0 Å². The van der Waals surface area contributed by atoms with Gasteiger partial charge in [0, 0.05) is 11.1 Å². The highest BCUT2D eigenvalue weighted by molar-refractivity contribution is 7.10. The molecule has 3 N–H and O–H groups in total. The lowest BCUT2D eigenvalue weighted by Crippen LogP contribution is -2.28. The number of hydrogen-bond donors (Lipinski definition) is 2. The van der Waals surface area contributed by atoms with Crippen LogP contribution in [0, 0.1) is 6.92 Å². The normalized spacial score (nSPS) is 12.7. The van der Waals surface area contributed by atoms with E-state index in [1.165, 1.54) is 4.88 Å². The first-order valence-corrected chi connectivity index (χ1v) is 6.09. The van der Waals surface area contributed by atoms with Gasteiger partial charge in [-0.15, -0.1) is 11.3 Å². The lowest BCUT2D eigenvalue weighted by atomic mass is 10.0. The predicted octanol–water partition coefficient (Wildman–Crippen LogP) is 2.66. The average molecular weight is 254 g/mol. The third-order valence-electron chi connectivity index (χ3n) is 2.33. The predicted molar refractivity (Wildman–Crippen MR) is 67.5 cm³/mol. The lowest BCUT2D eigenvalue weighted by molar-refractivity contribution is 0.636. The molecule has 0 aliphatic heterocycles. The van der Waals surface area contributed by atoms with Gasteiger partial charge in [-0.3, -0.25) is 5.84 Å². The highest BCUT2D eigenvalue weighted by atomic mass is 35.5. The second kappa shape index (κ2) is 4.93. The number of halogens is 1. The molecule has 84 valence electrons. The molecule has 2 aromatic rings. The molecule has 0 spiro atoms. The van der Waals surface area contributed by atoms with Crippen molar-refractivity contribution in [3.05, 3.63) is 50.9 Å². The molecule has 2 rings (SSSR count). The molecule has 5 heteroatoms. The Labute approximate surface area is 103 Å². The van der Waals surface area contributed by atoms with Crippen molar-refractivity contribution in [1.29, 1.82) is 0 Å². The minimum absolute atomic E-state index is 0.0327. The van der Waals surface area contributed by atoms with Crippen LogP contribution >= 0.6 is 22.9 Å². The molecule has 0 amide bonds. The summed E-state index contributed by atoms with van der Waals surface area (Å²) in [5, 5.41) is 2.58. The molecule has 2 aromatic heterocycles. The van der Waals surface area contributed by atoms with Gasteiger partial charge in [0.05, 0.1) is 6.04 Å². The van der Waals surface area contributed by atoms with Crippen LogP contribution in [0.1, 0.15) is 22.0 Å². The smallest absolute Gasteiger partial charge is 0.129 e. The summed E-state index contributed by atoms with van der Waals surface area (Å²) in [6.45, 7) is 2.07. The molecule has 0 aromatic carbocycles. The van der Waals surface area contributed by atoms with Crippen molar-refractivity contribution in [2.45, 2.75) is 13.0 Å². The van der Waals surface area contributed by atoms with Gasteiger partial charge in [0.2, 0.25) is 0 Å². The number of hydrogen-bond acceptors (Lipinski definition) is 4. The van der Waals surface area contributed by atoms with Crippen molar-refractivity contribution in [3.63, 3.8) is 0 Å². The van der Waals surface area contributed by atoms with Crippen LogP contribution in [0.25, 0.3) is 0 Å². The SMILES string of the molecule is Cc1cc(C(NN)c2ccc(Cl)nc2)cs1. The van der Waals surface area contributed by atoms with Crippen molar-refractivity contribution < 1.29 is 0 Å². The zero-order valence-corrected chi connectivity index (χ0v) is 10.3. The number of hydrazine groups is 1. The van der Waals surface area contributed by atoms with Crippen LogP contribution in [0.4, 0.5) is 0 Å². The first kappa shape index (κ1) is 11.5. The van der Waals surface area contributed by atoms with E-state index in [1.54, 1.807) is 23.6 Å². The van der Waals surface area contributed by atoms with Crippen molar-refractivity contribution in [1.82, 2.24) is 10.4 Å². The van der Waals surface area contributed by atoms with Gasteiger partial charge in [-0.25, -0.2) is 10.4 Å². The Balaban J connectivity index is 2.32. The van der Waals surface area contributed by atoms with Crippen LogP contribution in [-0.2, 0) is 0 Å². The van der Waals surface area contributed by atoms with Gasteiger partial charge < -0.3 is 0 Å². The van der Waals surface area contributed by atoms with Crippen molar-refractivity contribution >= 4 is 22.9 Å². The van der Waals surface area contributed by atoms with E-state index in [1.807, 2.05) is 6.07 Å². The van der Waals surface area contributed by atoms with Gasteiger partial charge in [-0.2, -0.15) is 0 Å². The third kappa shape index (κ3) is 2.41. The molecule has 1 atom stereocenters. The highest BCUT2D eigenvalue weighted by Crippen LogP contribution is 2.25. The average Bonchev–Trinajstić information content (AvgIpc) is 2.69. The molecule has 3 nitrogen and oxygen atoms in total. The van der Waals surface area contributed by atoms with E-state index < -0.39 is 0 Å². The number of pyridine rings is 1. The minimum atomic E-state index is -0.0327. The van der Waals surface area contributed by atoms with E-state index in [4.69, 9.17) is 17.4 Å². The fourth-order valence-electron chi connectivity index (χ4n) is 1.56. The molecule has 1 unspecified atom stereocenters. The highest BCUT2D eigenvalue weighted by Gasteiger charge is 2.13. The Hall–Kier alpha value is -0.940. The molecule has 0 bridgehead atoms. The van der Waals surface area contributed by atoms with Crippen LogP contribution in [0.3, 0.4) is 0 Å². The Morgan fingerprint density at radius 2 is 2.25 bits per heavy atom. The molecule has 0 saturated heterocycles. The maximum atomic E-state index is 5.75. The van der Waals surface area contributed by atoms with E-state index in [2.05, 4.69) is 28.8 Å². The van der Waals surface area contributed by atoms with E-state index in [9.17, 15) is 0 Å². The van der Waals surface area contributed by atoms with Crippen LogP contribution < -0.4 is 11.3 Å².